The standard InChI is InChI=1S/C14H22N2O/c1-3-5-11-17-13-9-7-12(8-10-13)14(16-15)6-4-2/h4,7-10,14,16H,2-3,5-6,11,15H2,1H3. The SMILES string of the molecule is C=CCC(NN)c1ccc(OCCCC)cc1. The highest BCUT2D eigenvalue weighted by atomic mass is 16.5. The Kier molecular flexibility index (Phi) is 6.37. The summed E-state index contributed by atoms with van der Waals surface area (Å²) >= 11 is 0. The smallest absolute Gasteiger partial charge is 0.119 e. The lowest BCUT2D eigenvalue weighted by Crippen LogP contribution is -2.27. The summed E-state index contributed by atoms with van der Waals surface area (Å²) in [5, 5.41) is 0. The number of hydrogen-bond acceptors (Lipinski definition) is 3. The van der Waals surface area contributed by atoms with E-state index in [0.717, 1.165) is 37.2 Å². The largest absolute Gasteiger partial charge is 0.494 e. The van der Waals surface area contributed by atoms with Crippen molar-refractivity contribution in [2.75, 3.05) is 6.61 Å². The maximum Gasteiger partial charge on any atom is 0.119 e. The van der Waals surface area contributed by atoms with E-state index in [2.05, 4.69) is 18.9 Å². The Hall–Kier alpha value is -1.32. The van der Waals surface area contributed by atoms with Crippen molar-refractivity contribution < 1.29 is 4.74 Å². The second kappa shape index (κ2) is 7.87. The molecule has 0 heterocycles. The summed E-state index contributed by atoms with van der Waals surface area (Å²) < 4.78 is 5.60. The van der Waals surface area contributed by atoms with Gasteiger partial charge >= 0.3 is 0 Å². The van der Waals surface area contributed by atoms with E-state index in [1.807, 2.05) is 30.3 Å². The number of benzene rings is 1. The van der Waals surface area contributed by atoms with E-state index in [-0.39, 0.29) is 6.04 Å². The minimum absolute atomic E-state index is 0.122. The highest BCUT2D eigenvalue weighted by molar-refractivity contribution is 5.29. The van der Waals surface area contributed by atoms with Gasteiger partial charge in [-0.25, -0.2) is 0 Å². The van der Waals surface area contributed by atoms with Crippen molar-refractivity contribution in [2.45, 2.75) is 32.2 Å². The van der Waals surface area contributed by atoms with Gasteiger partial charge in [-0.05, 0) is 30.5 Å². The number of rotatable bonds is 8. The van der Waals surface area contributed by atoms with E-state index < -0.39 is 0 Å². The fourth-order valence-corrected chi connectivity index (χ4v) is 1.60. The molecule has 0 radical (unpaired) electrons. The second-order valence-corrected chi connectivity index (χ2v) is 4.01. The minimum Gasteiger partial charge on any atom is -0.494 e. The molecule has 0 amide bonds. The molecular weight excluding hydrogens is 212 g/mol. The van der Waals surface area contributed by atoms with Crippen molar-refractivity contribution in [3.05, 3.63) is 42.5 Å². The number of nitrogens with two attached hydrogens (primary N) is 1. The maximum atomic E-state index is 5.60. The summed E-state index contributed by atoms with van der Waals surface area (Å²) in [5.74, 6) is 6.41. The molecular formula is C14H22N2O. The summed E-state index contributed by atoms with van der Waals surface area (Å²) in [7, 11) is 0. The van der Waals surface area contributed by atoms with Crippen LogP contribution in [0.3, 0.4) is 0 Å². The number of unbranched alkanes of at least 4 members (excludes halogenated alkanes) is 1. The fourth-order valence-electron chi connectivity index (χ4n) is 1.60. The lowest BCUT2D eigenvalue weighted by Gasteiger charge is -2.14. The molecule has 0 aliphatic heterocycles. The van der Waals surface area contributed by atoms with Crippen molar-refractivity contribution >= 4 is 0 Å². The van der Waals surface area contributed by atoms with E-state index in [4.69, 9.17) is 10.6 Å². The van der Waals surface area contributed by atoms with E-state index in [1.54, 1.807) is 0 Å². The molecule has 0 saturated heterocycles. The van der Waals surface area contributed by atoms with Crippen LogP contribution in [0.1, 0.15) is 37.8 Å². The predicted molar refractivity (Wildman–Crippen MR) is 71.7 cm³/mol. The van der Waals surface area contributed by atoms with Crippen LogP contribution in [0.25, 0.3) is 0 Å². The summed E-state index contributed by atoms with van der Waals surface area (Å²) in [6.45, 7) is 6.65. The molecule has 0 aliphatic carbocycles. The first kappa shape index (κ1) is 13.7. The predicted octanol–water partition coefficient (Wildman–Crippen LogP) is 2.95. The van der Waals surface area contributed by atoms with Crippen molar-refractivity contribution in [2.24, 2.45) is 5.84 Å². The number of ether oxygens (including phenoxy) is 1. The molecule has 94 valence electrons. The molecule has 0 saturated carbocycles. The lowest BCUT2D eigenvalue weighted by molar-refractivity contribution is 0.309. The van der Waals surface area contributed by atoms with E-state index in [0.29, 0.717) is 0 Å². The molecule has 0 aliphatic rings. The molecule has 3 nitrogen and oxygen atoms in total. The van der Waals surface area contributed by atoms with Gasteiger partial charge in [-0.2, -0.15) is 0 Å². The summed E-state index contributed by atoms with van der Waals surface area (Å²) in [5.41, 5.74) is 3.93. The molecule has 3 N–H and O–H groups in total. The van der Waals surface area contributed by atoms with Crippen LogP contribution in [0.15, 0.2) is 36.9 Å². The average molecular weight is 234 g/mol. The molecule has 1 aromatic carbocycles. The summed E-state index contributed by atoms with van der Waals surface area (Å²) in [6.07, 6.45) is 4.91. The Morgan fingerprint density at radius 1 is 1.41 bits per heavy atom. The van der Waals surface area contributed by atoms with Gasteiger partial charge in [-0.15, -0.1) is 6.58 Å². The van der Waals surface area contributed by atoms with Crippen LogP contribution < -0.4 is 16.0 Å². The molecule has 1 atom stereocenters. The zero-order chi connectivity index (χ0) is 12.5. The van der Waals surface area contributed by atoms with Crippen LogP contribution in [0.2, 0.25) is 0 Å². The maximum absolute atomic E-state index is 5.60. The topological polar surface area (TPSA) is 47.3 Å². The zero-order valence-corrected chi connectivity index (χ0v) is 10.5. The van der Waals surface area contributed by atoms with Gasteiger partial charge < -0.3 is 4.74 Å². The monoisotopic (exact) mass is 234 g/mol. The first-order chi connectivity index (χ1) is 8.31. The Morgan fingerprint density at radius 3 is 2.65 bits per heavy atom. The van der Waals surface area contributed by atoms with E-state index in [9.17, 15) is 0 Å². The third-order valence-corrected chi connectivity index (χ3v) is 2.65. The normalized spacial score (nSPS) is 12.1. The summed E-state index contributed by atoms with van der Waals surface area (Å²) in [4.78, 5) is 0. The fraction of sp³-hybridized carbons (Fsp3) is 0.429. The first-order valence-corrected chi connectivity index (χ1v) is 6.11. The van der Waals surface area contributed by atoms with Crippen molar-refractivity contribution in [3.63, 3.8) is 0 Å². The quantitative estimate of drug-likeness (QED) is 0.315. The molecule has 1 rings (SSSR count). The van der Waals surface area contributed by atoms with Gasteiger partial charge in [0.2, 0.25) is 0 Å². The van der Waals surface area contributed by atoms with Crippen molar-refractivity contribution in [1.29, 1.82) is 0 Å². The van der Waals surface area contributed by atoms with Crippen LogP contribution in [0, 0.1) is 0 Å². The van der Waals surface area contributed by atoms with Crippen LogP contribution in [-0.4, -0.2) is 6.61 Å². The minimum atomic E-state index is 0.122. The van der Waals surface area contributed by atoms with Gasteiger partial charge in [0.15, 0.2) is 0 Å². The van der Waals surface area contributed by atoms with Gasteiger partial charge in [-0.3, -0.25) is 11.3 Å². The third-order valence-electron chi connectivity index (χ3n) is 2.65. The Morgan fingerprint density at radius 2 is 2.12 bits per heavy atom. The molecule has 0 aromatic heterocycles. The average Bonchev–Trinajstić information content (AvgIpc) is 2.37. The van der Waals surface area contributed by atoms with E-state index >= 15 is 0 Å². The van der Waals surface area contributed by atoms with Gasteiger partial charge in [0.1, 0.15) is 5.75 Å². The van der Waals surface area contributed by atoms with Crippen molar-refractivity contribution in [1.82, 2.24) is 5.43 Å². The molecule has 0 fully saturated rings. The number of hydrogen-bond donors (Lipinski definition) is 2. The molecule has 1 unspecified atom stereocenters. The Balaban J connectivity index is 2.56. The zero-order valence-electron chi connectivity index (χ0n) is 10.5. The van der Waals surface area contributed by atoms with Gasteiger partial charge in [0, 0.05) is 6.04 Å². The lowest BCUT2D eigenvalue weighted by atomic mass is 10.0. The van der Waals surface area contributed by atoms with Gasteiger partial charge in [0.05, 0.1) is 6.61 Å². The molecule has 0 bridgehead atoms. The van der Waals surface area contributed by atoms with Crippen LogP contribution in [-0.2, 0) is 0 Å². The Labute approximate surface area is 104 Å². The first-order valence-electron chi connectivity index (χ1n) is 6.11. The van der Waals surface area contributed by atoms with Crippen LogP contribution in [0.4, 0.5) is 0 Å². The molecule has 0 spiro atoms. The number of hydrazine groups is 1. The highest BCUT2D eigenvalue weighted by Crippen LogP contribution is 2.20. The third kappa shape index (κ3) is 4.59. The van der Waals surface area contributed by atoms with Crippen molar-refractivity contribution in [3.8, 4) is 5.75 Å². The number of nitrogens with one attached hydrogen (secondary N) is 1. The molecule has 1 aromatic rings. The van der Waals surface area contributed by atoms with E-state index in [1.165, 1.54) is 0 Å². The Bertz CT molecular complexity index is 321. The van der Waals surface area contributed by atoms with Crippen LogP contribution >= 0.6 is 0 Å². The summed E-state index contributed by atoms with van der Waals surface area (Å²) in [6, 6.07) is 8.17. The van der Waals surface area contributed by atoms with Gasteiger partial charge in [-0.1, -0.05) is 31.6 Å². The second-order valence-electron chi connectivity index (χ2n) is 4.01. The molecule has 3 heteroatoms. The van der Waals surface area contributed by atoms with Crippen LogP contribution in [0.5, 0.6) is 5.75 Å². The van der Waals surface area contributed by atoms with Gasteiger partial charge in [0.25, 0.3) is 0 Å². The molecule has 17 heavy (non-hydrogen) atoms. The highest BCUT2D eigenvalue weighted by Gasteiger charge is 2.07.